The Balaban J connectivity index is 2.22. The van der Waals surface area contributed by atoms with E-state index in [4.69, 9.17) is 11.6 Å². The molecule has 3 nitrogen and oxygen atoms in total. The number of hydrogen-bond donors (Lipinski definition) is 1. The van der Waals surface area contributed by atoms with Gasteiger partial charge in [0, 0.05) is 16.2 Å². The zero-order valence-corrected chi connectivity index (χ0v) is 11.9. The zero-order chi connectivity index (χ0) is 12.7. The van der Waals surface area contributed by atoms with Gasteiger partial charge in [-0.05, 0) is 36.8 Å². The lowest BCUT2D eigenvalue weighted by Crippen LogP contribution is -1.82. The average Bonchev–Trinajstić information content (AvgIpc) is 2.74. The Morgan fingerprint density at radius 1 is 1.28 bits per heavy atom. The average molecular weight is 323 g/mol. The molecule has 1 aromatic carbocycles. The van der Waals surface area contributed by atoms with E-state index in [1.807, 2.05) is 31.2 Å². The molecule has 0 unspecified atom stereocenters. The molecule has 0 aliphatic heterocycles. The van der Waals surface area contributed by atoms with Crippen LogP contribution >= 0.6 is 27.5 Å². The van der Waals surface area contributed by atoms with Crippen molar-refractivity contribution in [2.24, 2.45) is 0 Å². The van der Waals surface area contributed by atoms with Gasteiger partial charge in [0.25, 0.3) is 0 Å². The van der Waals surface area contributed by atoms with Gasteiger partial charge < -0.3 is 4.98 Å². The molecule has 0 fully saturated rings. The summed E-state index contributed by atoms with van der Waals surface area (Å²) in [5.74, 6) is 0.731. The molecule has 0 aliphatic carbocycles. The highest BCUT2D eigenvalue weighted by Gasteiger charge is 2.10. The van der Waals surface area contributed by atoms with Crippen LogP contribution in [0.25, 0.3) is 22.6 Å². The normalized spacial score (nSPS) is 11.1. The van der Waals surface area contributed by atoms with Crippen LogP contribution in [0.5, 0.6) is 0 Å². The van der Waals surface area contributed by atoms with Crippen LogP contribution < -0.4 is 0 Å². The van der Waals surface area contributed by atoms with Gasteiger partial charge in [-0.3, -0.25) is 0 Å². The number of nitrogens with zero attached hydrogens (tertiary/aromatic N) is 2. The molecule has 3 aromatic rings. The molecule has 0 bridgehead atoms. The molecule has 1 N–H and O–H groups in total. The van der Waals surface area contributed by atoms with Crippen molar-refractivity contribution in [1.29, 1.82) is 0 Å². The van der Waals surface area contributed by atoms with Crippen LogP contribution in [0.4, 0.5) is 0 Å². The predicted octanol–water partition coefficient (Wildman–Crippen LogP) is 4.35. The maximum absolute atomic E-state index is 6.19. The summed E-state index contributed by atoms with van der Waals surface area (Å²) in [6.07, 6.45) is 1.80. The lowest BCUT2D eigenvalue weighted by molar-refractivity contribution is 1.28. The SMILES string of the molecule is Cc1cnc2nc(-c3cc(Br)ccc3Cl)[nH]c2c1. The Hall–Kier alpha value is -1.39. The number of hydrogen-bond acceptors (Lipinski definition) is 2. The van der Waals surface area contributed by atoms with E-state index in [-0.39, 0.29) is 0 Å². The van der Waals surface area contributed by atoms with Crippen LogP contribution in [-0.4, -0.2) is 15.0 Å². The van der Waals surface area contributed by atoms with E-state index >= 15 is 0 Å². The number of rotatable bonds is 1. The van der Waals surface area contributed by atoms with Crippen molar-refractivity contribution in [3.63, 3.8) is 0 Å². The van der Waals surface area contributed by atoms with E-state index in [9.17, 15) is 0 Å². The number of aromatic nitrogens is 3. The number of nitrogens with one attached hydrogen (secondary N) is 1. The smallest absolute Gasteiger partial charge is 0.178 e. The van der Waals surface area contributed by atoms with E-state index in [2.05, 4.69) is 30.9 Å². The number of aryl methyl sites for hydroxylation is 1. The Morgan fingerprint density at radius 3 is 2.94 bits per heavy atom. The van der Waals surface area contributed by atoms with Gasteiger partial charge in [-0.15, -0.1) is 0 Å². The van der Waals surface area contributed by atoms with E-state index in [1.54, 1.807) is 6.20 Å². The molecular formula is C13H9BrClN3. The summed E-state index contributed by atoms with van der Waals surface area (Å²) in [7, 11) is 0. The third-order valence-corrected chi connectivity index (χ3v) is 3.48. The third-order valence-electron chi connectivity index (χ3n) is 2.66. The summed E-state index contributed by atoms with van der Waals surface area (Å²) in [6, 6.07) is 7.70. The van der Waals surface area contributed by atoms with Gasteiger partial charge in [0.15, 0.2) is 5.65 Å². The van der Waals surface area contributed by atoms with Gasteiger partial charge >= 0.3 is 0 Å². The Bertz CT molecular complexity index is 736. The third kappa shape index (κ3) is 2.02. The van der Waals surface area contributed by atoms with E-state index in [1.165, 1.54) is 0 Å². The molecular weight excluding hydrogens is 314 g/mol. The van der Waals surface area contributed by atoms with Crippen molar-refractivity contribution in [2.45, 2.75) is 6.92 Å². The van der Waals surface area contributed by atoms with Crippen LogP contribution in [0.15, 0.2) is 34.9 Å². The first-order valence-corrected chi connectivity index (χ1v) is 6.58. The Morgan fingerprint density at radius 2 is 2.11 bits per heavy atom. The van der Waals surface area contributed by atoms with Gasteiger partial charge in [-0.1, -0.05) is 27.5 Å². The molecule has 2 aromatic heterocycles. The highest BCUT2D eigenvalue weighted by Crippen LogP contribution is 2.29. The summed E-state index contributed by atoms with van der Waals surface area (Å²) in [4.78, 5) is 12.0. The Kier molecular flexibility index (Phi) is 2.84. The first kappa shape index (κ1) is 11.7. The molecule has 90 valence electrons. The molecule has 0 saturated carbocycles. The number of aromatic amines is 1. The fraction of sp³-hybridized carbons (Fsp3) is 0.0769. The second-order valence-electron chi connectivity index (χ2n) is 4.09. The molecule has 3 rings (SSSR count). The topological polar surface area (TPSA) is 41.6 Å². The van der Waals surface area contributed by atoms with Gasteiger partial charge in [0.1, 0.15) is 5.82 Å². The fourth-order valence-electron chi connectivity index (χ4n) is 1.81. The largest absolute Gasteiger partial charge is 0.337 e. The van der Waals surface area contributed by atoms with Crippen molar-refractivity contribution >= 4 is 38.7 Å². The van der Waals surface area contributed by atoms with E-state index in [0.29, 0.717) is 10.7 Å². The molecule has 0 saturated heterocycles. The molecule has 0 atom stereocenters. The maximum Gasteiger partial charge on any atom is 0.178 e. The number of benzene rings is 1. The van der Waals surface area contributed by atoms with E-state index in [0.717, 1.165) is 26.9 Å². The first-order chi connectivity index (χ1) is 8.63. The van der Waals surface area contributed by atoms with Crippen LogP contribution in [0.3, 0.4) is 0 Å². The molecule has 18 heavy (non-hydrogen) atoms. The number of imidazole rings is 1. The van der Waals surface area contributed by atoms with Gasteiger partial charge in [-0.2, -0.15) is 0 Å². The molecule has 0 amide bonds. The maximum atomic E-state index is 6.19. The second kappa shape index (κ2) is 4.37. The lowest BCUT2D eigenvalue weighted by atomic mass is 10.2. The number of pyridine rings is 1. The molecule has 0 radical (unpaired) electrons. The Labute approximate surface area is 117 Å². The highest BCUT2D eigenvalue weighted by atomic mass is 79.9. The highest BCUT2D eigenvalue weighted by molar-refractivity contribution is 9.10. The number of fused-ring (bicyclic) bond motifs is 1. The van der Waals surface area contributed by atoms with Gasteiger partial charge in [0.05, 0.1) is 10.5 Å². The number of H-pyrrole nitrogens is 1. The van der Waals surface area contributed by atoms with Crippen molar-refractivity contribution < 1.29 is 0 Å². The van der Waals surface area contributed by atoms with Crippen molar-refractivity contribution in [1.82, 2.24) is 15.0 Å². The predicted molar refractivity (Wildman–Crippen MR) is 76.8 cm³/mol. The zero-order valence-electron chi connectivity index (χ0n) is 9.54. The van der Waals surface area contributed by atoms with Gasteiger partial charge in [-0.25, -0.2) is 9.97 Å². The van der Waals surface area contributed by atoms with Gasteiger partial charge in [0.2, 0.25) is 0 Å². The van der Waals surface area contributed by atoms with E-state index < -0.39 is 0 Å². The van der Waals surface area contributed by atoms with Crippen molar-refractivity contribution in [2.75, 3.05) is 0 Å². The minimum Gasteiger partial charge on any atom is -0.337 e. The minimum absolute atomic E-state index is 0.661. The minimum atomic E-state index is 0.661. The number of halogens is 2. The monoisotopic (exact) mass is 321 g/mol. The molecule has 5 heteroatoms. The lowest BCUT2D eigenvalue weighted by Gasteiger charge is -2.00. The van der Waals surface area contributed by atoms with Crippen LogP contribution in [0.1, 0.15) is 5.56 Å². The molecule has 0 aliphatic rings. The quantitative estimate of drug-likeness (QED) is 0.723. The van der Waals surface area contributed by atoms with Crippen molar-refractivity contribution in [3.05, 3.63) is 45.5 Å². The summed E-state index contributed by atoms with van der Waals surface area (Å²) in [5.41, 5.74) is 3.58. The molecule has 0 spiro atoms. The first-order valence-electron chi connectivity index (χ1n) is 5.41. The summed E-state index contributed by atoms with van der Waals surface area (Å²) < 4.78 is 0.964. The molecule has 2 heterocycles. The van der Waals surface area contributed by atoms with Crippen molar-refractivity contribution in [3.8, 4) is 11.4 Å². The van der Waals surface area contributed by atoms with Crippen LogP contribution in [0.2, 0.25) is 5.02 Å². The van der Waals surface area contributed by atoms with Crippen LogP contribution in [0, 0.1) is 6.92 Å². The summed E-state index contributed by atoms with van der Waals surface area (Å²) in [6.45, 7) is 2.00. The van der Waals surface area contributed by atoms with Crippen LogP contribution in [-0.2, 0) is 0 Å². The summed E-state index contributed by atoms with van der Waals surface area (Å²) >= 11 is 9.62. The summed E-state index contributed by atoms with van der Waals surface area (Å²) in [5, 5.41) is 0.661. The standard InChI is InChI=1S/C13H9BrClN3/c1-7-4-11-13(16-6-7)18-12(17-11)9-5-8(14)2-3-10(9)15/h2-6H,1H3,(H,16,17,18). The fourth-order valence-corrected chi connectivity index (χ4v) is 2.38. The second-order valence-corrected chi connectivity index (χ2v) is 5.42.